The Hall–Kier alpha value is -1.00. The minimum absolute atomic E-state index is 0.0915. The first-order valence-corrected chi connectivity index (χ1v) is 9.77. The summed E-state index contributed by atoms with van der Waals surface area (Å²) in [7, 11) is 0. The Morgan fingerprint density at radius 3 is 2.56 bits per heavy atom. The van der Waals surface area contributed by atoms with E-state index >= 15 is 0 Å². The van der Waals surface area contributed by atoms with Crippen LogP contribution in [0.15, 0.2) is 12.2 Å². The predicted molar refractivity (Wildman–Crippen MR) is 93.7 cm³/mol. The van der Waals surface area contributed by atoms with E-state index in [1.807, 2.05) is 6.08 Å². The minimum atomic E-state index is -1.23. The third-order valence-electron chi connectivity index (χ3n) is 8.70. The first-order valence-electron chi connectivity index (χ1n) is 9.77. The van der Waals surface area contributed by atoms with Crippen molar-refractivity contribution < 1.29 is 19.8 Å². The Balaban J connectivity index is 1.73. The maximum Gasteiger partial charge on any atom is 0.161 e. The van der Waals surface area contributed by atoms with Crippen LogP contribution in [0.1, 0.15) is 59.3 Å². The Morgan fingerprint density at radius 2 is 1.88 bits per heavy atom. The summed E-state index contributed by atoms with van der Waals surface area (Å²) in [5, 5.41) is 21.1. The summed E-state index contributed by atoms with van der Waals surface area (Å²) in [6.45, 7) is 5.76. The lowest BCUT2D eigenvalue weighted by molar-refractivity contribution is -0.166. The number of rotatable bonds is 1. The van der Waals surface area contributed by atoms with Crippen molar-refractivity contribution in [2.45, 2.75) is 71.0 Å². The van der Waals surface area contributed by atoms with Gasteiger partial charge in [-0.3, -0.25) is 9.59 Å². The minimum Gasteiger partial charge on any atom is -0.389 e. The maximum absolute atomic E-state index is 12.9. The Morgan fingerprint density at radius 1 is 1.20 bits per heavy atom. The maximum atomic E-state index is 12.9. The monoisotopic (exact) mass is 346 g/mol. The van der Waals surface area contributed by atoms with Crippen LogP contribution >= 0.6 is 0 Å². The summed E-state index contributed by atoms with van der Waals surface area (Å²) in [6, 6.07) is 0. The fourth-order valence-corrected chi connectivity index (χ4v) is 7.18. The zero-order valence-corrected chi connectivity index (χ0v) is 15.5. The number of hydrogen-bond donors (Lipinski definition) is 2. The number of carbonyl (C=O) groups is 2. The molecule has 3 saturated carbocycles. The van der Waals surface area contributed by atoms with Crippen molar-refractivity contribution in [2.24, 2.45) is 34.5 Å². The molecule has 4 aliphatic carbocycles. The van der Waals surface area contributed by atoms with Gasteiger partial charge in [-0.15, -0.1) is 0 Å². The van der Waals surface area contributed by atoms with Gasteiger partial charge in [0.25, 0.3) is 0 Å². The number of allylic oxidation sites excluding steroid dienone is 1. The number of fused-ring (bicyclic) bond motifs is 5. The summed E-state index contributed by atoms with van der Waals surface area (Å²) >= 11 is 0. The van der Waals surface area contributed by atoms with Crippen molar-refractivity contribution >= 4 is 11.6 Å². The molecule has 2 N–H and O–H groups in total. The van der Waals surface area contributed by atoms with Crippen LogP contribution in [0, 0.1) is 34.5 Å². The lowest BCUT2D eigenvalue weighted by Gasteiger charge is -2.59. The van der Waals surface area contributed by atoms with E-state index in [-0.39, 0.29) is 34.7 Å². The van der Waals surface area contributed by atoms with Gasteiger partial charge in [-0.25, -0.2) is 0 Å². The van der Waals surface area contributed by atoms with Crippen LogP contribution < -0.4 is 0 Å². The Kier molecular flexibility index (Phi) is 3.66. The first-order chi connectivity index (χ1) is 11.6. The van der Waals surface area contributed by atoms with E-state index in [9.17, 15) is 19.8 Å². The molecule has 0 bridgehead atoms. The molecule has 4 heteroatoms. The lowest BCUT2D eigenvalue weighted by atomic mass is 9.45. The van der Waals surface area contributed by atoms with Crippen molar-refractivity contribution in [3.8, 4) is 0 Å². The largest absolute Gasteiger partial charge is 0.389 e. The normalized spacial score (nSPS) is 54.6. The molecule has 2 unspecified atom stereocenters. The number of aliphatic hydroxyl groups is 2. The molecule has 4 nitrogen and oxygen atoms in total. The van der Waals surface area contributed by atoms with Crippen LogP contribution in [-0.2, 0) is 9.59 Å². The molecule has 0 spiro atoms. The second-order valence-corrected chi connectivity index (χ2v) is 9.54. The van der Waals surface area contributed by atoms with Gasteiger partial charge in [0.2, 0.25) is 0 Å². The van der Waals surface area contributed by atoms with E-state index in [0.717, 1.165) is 19.3 Å². The van der Waals surface area contributed by atoms with Crippen molar-refractivity contribution in [3.63, 3.8) is 0 Å². The molecule has 0 heterocycles. The SMILES string of the molecule is CC(=O)[C@@]1(O)CC[C@H]2[C@@H]3CC(=O)C4CC(O)C=C[C@]4(C)[C@H]3CC[C@@]21C. The van der Waals surface area contributed by atoms with Crippen LogP contribution in [-0.4, -0.2) is 33.5 Å². The van der Waals surface area contributed by atoms with Gasteiger partial charge in [0.05, 0.1) is 6.10 Å². The van der Waals surface area contributed by atoms with Gasteiger partial charge in [-0.1, -0.05) is 26.0 Å². The van der Waals surface area contributed by atoms with Gasteiger partial charge < -0.3 is 10.2 Å². The average Bonchev–Trinajstić information content (AvgIpc) is 2.83. The number of carbonyl (C=O) groups excluding carboxylic acids is 2. The highest BCUT2D eigenvalue weighted by atomic mass is 16.3. The molecule has 0 amide bonds. The molecule has 0 aliphatic heterocycles. The lowest BCUT2D eigenvalue weighted by Crippen LogP contribution is -2.59. The third kappa shape index (κ3) is 2.07. The van der Waals surface area contributed by atoms with Crippen molar-refractivity contribution in [1.82, 2.24) is 0 Å². The third-order valence-corrected chi connectivity index (χ3v) is 8.70. The molecule has 3 fully saturated rings. The standard InChI is InChI=1S/C21H30O4/c1-12(22)21(25)9-6-16-14-11-18(24)17-10-13(23)4-7-19(17,2)15(14)5-8-20(16,21)3/h4,7,13-17,23,25H,5-6,8-11H2,1-3H3/t13?,14-,15+,16+,17?,19-,20+,21+/m1/s1. The second-order valence-electron chi connectivity index (χ2n) is 9.54. The first kappa shape index (κ1) is 17.4. The van der Waals surface area contributed by atoms with Gasteiger partial charge in [-0.2, -0.15) is 0 Å². The fourth-order valence-electron chi connectivity index (χ4n) is 7.18. The predicted octanol–water partition coefficient (Wildman–Crippen LogP) is 2.67. The summed E-state index contributed by atoms with van der Waals surface area (Å²) in [5.74, 6) is 0.901. The van der Waals surface area contributed by atoms with Crippen molar-refractivity contribution in [2.75, 3.05) is 0 Å². The van der Waals surface area contributed by atoms with Crippen LogP contribution in [0.2, 0.25) is 0 Å². The molecular formula is C21H30O4. The topological polar surface area (TPSA) is 74.6 Å². The van der Waals surface area contributed by atoms with E-state index in [1.165, 1.54) is 6.92 Å². The molecule has 138 valence electrons. The second kappa shape index (κ2) is 5.26. The van der Waals surface area contributed by atoms with Crippen molar-refractivity contribution in [1.29, 1.82) is 0 Å². The molecule has 4 rings (SSSR count). The van der Waals surface area contributed by atoms with E-state index in [0.29, 0.717) is 25.2 Å². The van der Waals surface area contributed by atoms with Crippen LogP contribution in [0.5, 0.6) is 0 Å². The number of Topliss-reactive ketones (excluding diaryl/α,β-unsaturated/α-hetero) is 2. The molecule has 0 aromatic rings. The molecule has 8 atom stereocenters. The molecule has 0 aromatic heterocycles. The molecule has 0 aromatic carbocycles. The Bertz CT molecular complexity index is 654. The average molecular weight is 346 g/mol. The van der Waals surface area contributed by atoms with E-state index in [2.05, 4.69) is 19.9 Å². The number of hydrogen-bond acceptors (Lipinski definition) is 4. The number of aliphatic hydroxyl groups excluding tert-OH is 1. The smallest absolute Gasteiger partial charge is 0.161 e. The van der Waals surface area contributed by atoms with Crippen LogP contribution in [0.25, 0.3) is 0 Å². The summed E-state index contributed by atoms with van der Waals surface area (Å²) in [4.78, 5) is 25.2. The quantitative estimate of drug-likeness (QED) is 0.716. The van der Waals surface area contributed by atoms with Gasteiger partial charge in [0.15, 0.2) is 5.78 Å². The molecular weight excluding hydrogens is 316 g/mol. The van der Waals surface area contributed by atoms with Gasteiger partial charge in [0, 0.05) is 17.8 Å². The highest BCUT2D eigenvalue weighted by Crippen LogP contribution is 2.67. The highest BCUT2D eigenvalue weighted by molar-refractivity contribution is 5.87. The van der Waals surface area contributed by atoms with E-state index in [4.69, 9.17) is 0 Å². The zero-order valence-electron chi connectivity index (χ0n) is 15.5. The summed E-state index contributed by atoms with van der Waals surface area (Å²) in [6.07, 6.45) is 7.64. The van der Waals surface area contributed by atoms with Crippen LogP contribution in [0.4, 0.5) is 0 Å². The van der Waals surface area contributed by atoms with E-state index in [1.54, 1.807) is 0 Å². The molecule has 0 saturated heterocycles. The van der Waals surface area contributed by atoms with E-state index < -0.39 is 17.1 Å². The molecule has 25 heavy (non-hydrogen) atoms. The number of ketones is 2. The highest BCUT2D eigenvalue weighted by Gasteiger charge is 2.66. The summed E-state index contributed by atoms with van der Waals surface area (Å²) in [5.41, 5.74) is -1.85. The van der Waals surface area contributed by atoms with Crippen molar-refractivity contribution in [3.05, 3.63) is 12.2 Å². The molecule has 4 aliphatic rings. The fraction of sp³-hybridized carbons (Fsp3) is 0.810. The van der Waals surface area contributed by atoms with Gasteiger partial charge in [-0.05, 0) is 62.2 Å². The van der Waals surface area contributed by atoms with Gasteiger partial charge in [0.1, 0.15) is 11.4 Å². The zero-order chi connectivity index (χ0) is 18.2. The Labute approximate surface area is 149 Å². The van der Waals surface area contributed by atoms with Gasteiger partial charge >= 0.3 is 0 Å². The molecule has 0 radical (unpaired) electrons. The van der Waals surface area contributed by atoms with Crippen LogP contribution in [0.3, 0.4) is 0 Å². The summed E-state index contributed by atoms with van der Waals surface area (Å²) < 4.78 is 0.